The van der Waals surface area contributed by atoms with Crippen LogP contribution in [0.3, 0.4) is 0 Å². The number of nitrogens with zero attached hydrogens (tertiary/aromatic N) is 6. The van der Waals surface area contributed by atoms with Crippen molar-refractivity contribution in [1.29, 1.82) is 0 Å². The summed E-state index contributed by atoms with van der Waals surface area (Å²) in [6, 6.07) is 3.18. The summed E-state index contributed by atoms with van der Waals surface area (Å²) in [7, 11) is -3.84. The minimum absolute atomic E-state index is 0.0895. The average Bonchev–Trinajstić information content (AvgIpc) is 3.29. The van der Waals surface area contributed by atoms with Crippen LogP contribution in [0.5, 0.6) is 0 Å². The molecule has 3 saturated carbocycles. The lowest BCUT2D eigenvalue weighted by molar-refractivity contribution is -0.0395. The normalized spacial score (nSPS) is 21.5. The lowest BCUT2D eigenvalue weighted by Crippen LogP contribution is -2.34. The molecule has 7 rings (SSSR count). The number of benzene rings is 1. The number of rotatable bonds is 7. The SMILES string of the molecule is CC1(NS(=O)(=O)c2cc(-n3cc(C4(O)CCC4)cn3)c3cnn(-c4nnc(C5(O)CCC5)s4)c3c2)CC1. The summed E-state index contributed by atoms with van der Waals surface area (Å²) >= 11 is 1.25. The lowest BCUT2D eigenvalue weighted by atomic mass is 9.76. The smallest absolute Gasteiger partial charge is 0.241 e. The third-order valence-electron chi connectivity index (χ3n) is 8.05. The highest BCUT2D eigenvalue weighted by molar-refractivity contribution is 7.89. The van der Waals surface area contributed by atoms with Gasteiger partial charge in [0.15, 0.2) is 5.01 Å². The number of sulfonamides is 1. The fraction of sp³-hybridized carbons (Fsp3) is 0.500. The van der Waals surface area contributed by atoms with Crippen LogP contribution in [-0.2, 0) is 21.2 Å². The molecule has 0 saturated heterocycles. The van der Waals surface area contributed by atoms with Crippen LogP contribution in [0.25, 0.3) is 21.7 Å². The molecule has 194 valence electrons. The molecule has 0 bridgehead atoms. The number of hydrogen-bond acceptors (Lipinski definition) is 9. The molecule has 0 aliphatic heterocycles. The molecule has 4 aromatic rings. The molecule has 0 atom stereocenters. The standard InChI is InChI=1S/C24H27N7O4S2/c1-22(8-9-22)29-37(34,35)16-10-18(30-14-15(12-25-30)23(32)4-2-5-23)17-13-26-31(19(17)11-16)21-28-27-20(36-21)24(33)6-3-7-24/h10-14,29,32-33H,2-9H2,1H3. The minimum atomic E-state index is -3.84. The van der Waals surface area contributed by atoms with Crippen molar-refractivity contribution in [2.24, 2.45) is 0 Å². The molecule has 3 N–H and O–H groups in total. The third-order valence-corrected chi connectivity index (χ3v) is 10.8. The van der Waals surface area contributed by atoms with Crippen LogP contribution in [0.4, 0.5) is 0 Å². The highest BCUT2D eigenvalue weighted by Crippen LogP contribution is 2.44. The molecule has 37 heavy (non-hydrogen) atoms. The van der Waals surface area contributed by atoms with Gasteiger partial charge >= 0.3 is 0 Å². The summed E-state index contributed by atoms with van der Waals surface area (Å²) < 4.78 is 32.8. The maximum atomic E-state index is 13.4. The molecule has 3 aliphatic rings. The molecule has 3 aromatic heterocycles. The van der Waals surface area contributed by atoms with E-state index < -0.39 is 26.8 Å². The zero-order chi connectivity index (χ0) is 25.6. The first-order chi connectivity index (χ1) is 17.6. The van der Waals surface area contributed by atoms with Gasteiger partial charge in [-0.05, 0) is 70.4 Å². The lowest BCUT2D eigenvalue weighted by Gasteiger charge is -2.35. The number of aliphatic hydroxyl groups is 2. The van der Waals surface area contributed by atoms with E-state index in [-0.39, 0.29) is 4.90 Å². The van der Waals surface area contributed by atoms with Crippen LogP contribution in [0.15, 0.2) is 35.6 Å². The molecule has 0 unspecified atom stereocenters. The number of fused-ring (bicyclic) bond motifs is 1. The number of hydrogen-bond donors (Lipinski definition) is 3. The van der Waals surface area contributed by atoms with Gasteiger partial charge in [-0.3, -0.25) is 0 Å². The summed E-state index contributed by atoms with van der Waals surface area (Å²) in [5, 5.41) is 40.6. The Balaban J connectivity index is 1.38. The molecular formula is C24H27N7O4S2. The Labute approximate surface area is 217 Å². The minimum Gasteiger partial charge on any atom is -0.385 e. The molecule has 0 amide bonds. The second-order valence-electron chi connectivity index (χ2n) is 10.9. The predicted molar refractivity (Wildman–Crippen MR) is 135 cm³/mol. The van der Waals surface area contributed by atoms with E-state index in [2.05, 4.69) is 25.1 Å². The van der Waals surface area contributed by atoms with E-state index >= 15 is 0 Å². The van der Waals surface area contributed by atoms with Gasteiger partial charge in [0.25, 0.3) is 0 Å². The van der Waals surface area contributed by atoms with Crippen molar-refractivity contribution >= 4 is 32.3 Å². The molecule has 13 heteroatoms. The van der Waals surface area contributed by atoms with E-state index in [1.165, 1.54) is 11.3 Å². The number of nitrogens with one attached hydrogen (secondary N) is 1. The highest BCUT2D eigenvalue weighted by atomic mass is 32.2. The summed E-state index contributed by atoms with van der Waals surface area (Å²) in [6.07, 6.45) is 11.2. The van der Waals surface area contributed by atoms with E-state index in [1.807, 2.05) is 6.92 Å². The Morgan fingerprint density at radius 3 is 2.35 bits per heavy atom. The quantitative estimate of drug-likeness (QED) is 0.323. The summed E-state index contributed by atoms with van der Waals surface area (Å²) in [5.74, 6) is 0. The van der Waals surface area contributed by atoms with Crippen molar-refractivity contribution in [2.45, 2.75) is 79.9 Å². The number of aromatic nitrogens is 6. The van der Waals surface area contributed by atoms with E-state index in [1.54, 1.807) is 40.1 Å². The van der Waals surface area contributed by atoms with Crippen LogP contribution in [0.1, 0.15) is 68.9 Å². The third kappa shape index (κ3) is 3.75. The van der Waals surface area contributed by atoms with Crippen LogP contribution >= 0.6 is 11.3 Å². The average molecular weight is 542 g/mol. The Kier molecular flexibility index (Phi) is 4.85. The Morgan fingerprint density at radius 1 is 0.973 bits per heavy atom. The zero-order valence-corrected chi connectivity index (χ0v) is 21.9. The monoisotopic (exact) mass is 541 g/mol. The largest absolute Gasteiger partial charge is 0.385 e. The molecule has 1 aromatic carbocycles. The topological polar surface area (TPSA) is 148 Å². The molecular weight excluding hydrogens is 514 g/mol. The maximum Gasteiger partial charge on any atom is 0.241 e. The first kappa shape index (κ1) is 23.4. The van der Waals surface area contributed by atoms with Crippen molar-refractivity contribution in [3.05, 3.63) is 41.3 Å². The van der Waals surface area contributed by atoms with Crippen molar-refractivity contribution in [2.75, 3.05) is 0 Å². The van der Waals surface area contributed by atoms with Crippen LogP contribution < -0.4 is 4.72 Å². The fourth-order valence-corrected chi connectivity index (χ4v) is 7.43. The first-order valence-corrected chi connectivity index (χ1v) is 14.8. The Morgan fingerprint density at radius 2 is 1.70 bits per heavy atom. The van der Waals surface area contributed by atoms with Gasteiger partial charge in [-0.25, -0.2) is 22.5 Å². The molecule has 3 aliphatic carbocycles. The predicted octanol–water partition coefficient (Wildman–Crippen LogP) is 2.64. The van der Waals surface area contributed by atoms with Crippen molar-refractivity contribution < 1.29 is 18.6 Å². The van der Waals surface area contributed by atoms with Gasteiger partial charge in [0.05, 0.1) is 34.1 Å². The second-order valence-corrected chi connectivity index (χ2v) is 13.6. The Bertz CT molecular complexity index is 1640. The zero-order valence-electron chi connectivity index (χ0n) is 20.3. The molecule has 0 radical (unpaired) electrons. The summed E-state index contributed by atoms with van der Waals surface area (Å²) in [5.41, 5.74) is -0.512. The fourth-order valence-electron chi connectivity index (χ4n) is 4.96. The summed E-state index contributed by atoms with van der Waals surface area (Å²) in [4.78, 5) is 0.0895. The van der Waals surface area contributed by atoms with E-state index in [0.29, 0.717) is 58.0 Å². The van der Waals surface area contributed by atoms with Crippen LogP contribution in [0, 0.1) is 0 Å². The van der Waals surface area contributed by atoms with Crippen LogP contribution in [0.2, 0.25) is 0 Å². The maximum absolute atomic E-state index is 13.4. The van der Waals surface area contributed by atoms with E-state index in [0.717, 1.165) is 25.7 Å². The molecule has 3 fully saturated rings. The first-order valence-electron chi connectivity index (χ1n) is 12.5. The van der Waals surface area contributed by atoms with Gasteiger partial charge in [0.1, 0.15) is 5.60 Å². The van der Waals surface area contributed by atoms with Gasteiger partial charge in [0.2, 0.25) is 15.2 Å². The van der Waals surface area contributed by atoms with E-state index in [4.69, 9.17) is 0 Å². The van der Waals surface area contributed by atoms with Gasteiger partial charge in [0, 0.05) is 22.7 Å². The molecule has 11 nitrogen and oxygen atoms in total. The van der Waals surface area contributed by atoms with Crippen molar-refractivity contribution in [1.82, 2.24) is 34.5 Å². The second kappa shape index (κ2) is 7.67. The van der Waals surface area contributed by atoms with Crippen molar-refractivity contribution in [3.8, 4) is 10.8 Å². The van der Waals surface area contributed by atoms with Gasteiger partial charge in [-0.15, -0.1) is 10.2 Å². The highest BCUT2D eigenvalue weighted by Gasteiger charge is 2.42. The Hall–Kier alpha value is -2.71. The molecule has 0 spiro atoms. The van der Waals surface area contributed by atoms with Crippen LogP contribution in [-0.4, -0.2) is 53.9 Å². The summed E-state index contributed by atoms with van der Waals surface area (Å²) in [6.45, 7) is 1.89. The van der Waals surface area contributed by atoms with Gasteiger partial charge in [-0.2, -0.15) is 10.2 Å². The van der Waals surface area contributed by atoms with Gasteiger partial charge < -0.3 is 10.2 Å². The molecule has 3 heterocycles. The van der Waals surface area contributed by atoms with E-state index in [9.17, 15) is 18.6 Å². The van der Waals surface area contributed by atoms with Gasteiger partial charge in [-0.1, -0.05) is 11.3 Å². The van der Waals surface area contributed by atoms with Crippen molar-refractivity contribution in [3.63, 3.8) is 0 Å².